The summed E-state index contributed by atoms with van der Waals surface area (Å²) in [5.74, 6) is 5.94. The predicted octanol–water partition coefficient (Wildman–Crippen LogP) is 2.54. The van der Waals surface area contributed by atoms with Crippen LogP contribution in [0.4, 0.5) is 11.4 Å². The fraction of sp³-hybridized carbons (Fsp3) is 0.133. The van der Waals surface area contributed by atoms with Crippen LogP contribution in [-0.4, -0.2) is 13.0 Å². The second kappa shape index (κ2) is 6.08. The number of ether oxygens (including phenoxy) is 1. The largest absolute Gasteiger partial charge is 0.497 e. The summed E-state index contributed by atoms with van der Waals surface area (Å²) in [5.41, 5.74) is 5.25. The molecule has 2 aromatic rings. The minimum absolute atomic E-state index is 0.216. The quantitative estimate of drug-likeness (QED) is 0.590. The molecule has 0 bridgehead atoms. The lowest BCUT2D eigenvalue weighted by molar-refractivity contribution is 0.102. The van der Waals surface area contributed by atoms with E-state index in [9.17, 15) is 4.79 Å². The SMILES string of the molecule is COc1ccc(NC(=O)c2ccccc2NN)c(C)c1. The van der Waals surface area contributed by atoms with Crippen LogP contribution in [0.15, 0.2) is 42.5 Å². The van der Waals surface area contributed by atoms with Crippen LogP contribution in [-0.2, 0) is 0 Å². The van der Waals surface area contributed by atoms with Crippen LogP contribution in [0.2, 0.25) is 0 Å². The number of carbonyl (C=O) groups is 1. The molecule has 5 heteroatoms. The van der Waals surface area contributed by atoms with Gasteiger partial charge in [0.1, 0.15) is 5.75 Å². The Labute approximate surface area is 117 Å². The molecule has 0 atom stereocenters. The minimum atomic E-state index is -0.216. The number of anilines is 2. The third kappa shape index (κ3) is 2.89. The van der Waals surface area contributed by atoms with Crippen molar-refractivity contribution in [1.29, 1.82) is 0 Å². The second-order valence-corrected chi connectivity index (χ2v) is 4.32. The molecule has 104 valence electrons. The van der Waals surface area contributed by atoms with Crippen molar-refractivity contribution in [2.45, 2.75) is 6.92 Å². The third-order valence-electron chi connectivity index (χ3n) is 3.01. The van der Waals surface area contributed by atoms with Crippen LogP contribution >= 0.6 is 0 Å². The number of nitrogen functional groups attached to an aromatic ring is 1. The molecule has 0 aromatic heterocycles. The normalized spacial score (nSPS) is 9.95. The van der Waals surface area contributed by atoms with Crippen molar-refractivity contribution in [3.63, 3.8) is 0 Å². The average molecular weight is 271 g/mol. The zero-order valence-corrected chi connectivity index (χ0v) is 11.4. The van der Waals surface area contributed by atoms with Crippen molar-refractivity contribution >= 4 is 17.3 Å². The molecule has 5 nitrogen and oxygen atoms in total. The number of hydrogen-bond acceptors (Lipinski definition) is 4. The molecular formula is C15H17N3O2. The third-order valence-corrected chi connectivity index (χ3v) is 3.01. The summed E-state index contributed by atoms with van der Waals surface area (Å²) in [6.45, 7) is 1.91. The van der Waals surface area contributed by atoms with E-state index in [4.69, 9.17) is 10.6 Å². The fourth-order valence-electron chi connectivity index (χ4n) is 1.90. The van der Waals surface area contributed by atoms with Crippen molar-refractivity contribution in [3.8, 4) is 5.75 Å². The lowest BCUT2D eigenvalue weighted by Gasteiger charge is -2.12. The first kappa shape index (κ1) is 13.9. The van der Waals surface area contributed by atoms with Gasteiger partial charge >= 0.3 is 0 Å². The molecule has 0 unspecified atom stereocenters. The number of benzene rings is 2. The van der Waals surface area contributed by atoms with Gasteiger partial charge in [-0.15, -0.1) is 0 Å². The molecule has 2 aromatic carbocycles. The maximum Gasteiger partial charge on any atom is 0.257 e. The molecule has 0 aliphatic carbocycles. The summed E-state index contributed by atoms with van der Waals surface area (Å²) in [4.78, 5) is 12.3. The van der Waals surface area contributed by atoms with Crippen molar-refractivity contribution < 1.29 is 9.53 Å². The Morgan fingerprint density at radius 1 is 1.15 bits per heavy atom. The number of methoxy groups -OCH3 is 1. The van der Waals surface area contributed by atoms with Gasteiger partial charge in [0.15, 0.2) is 0 Å². The summed E-state index contributed by atoms with van der Waals surface area (Å²) in [6, 6.07) is 12.5. The van der Waals surface area contributed by atoms with E-state index in [-0.39, 0.29) is 5.91 Å². The van der Waals surface area contributed by atoms with E-state index in [1.54, 1.807) is 31.4 Å². The van der Waals surface area contributed by atoms with Gasteiger partial charge in [-0.05, 0) is 42.8 Å². The van der Waals surface area contributed by atoms with Gasteiger partial charge in [-0.1, -0.05) is 12.1 Å². The maximum atomic E-state index is 12.3. The summed E-state index contributed by atoms with van der Waals surface area (Å²) < 4.78 is 5.14. The van der Waals surface area contributed by atoms with Crippen LogP contribution in [0, 0.1) is 6.92 Å². The Morgan fingerprint density at radius 2 is 1.90 bits per heavy atom. The van der Waals surface area contributed by atoms with Gasteiger partial charge in [0.05, 0.1) is 18.4 Å². The van der Waals surface area contributed by atoms with Crippen molar-refractivity contribution in [1.82, 2.24) is 0 Å². The zero-order chi connectivity index (χ0) is 14.5. The Balaban J connectivity index is 2.23. The molecule has 0 aliphatic heterocycles. The van der Waals surface area contributed by atoms with E-state index in [1.165, 1.54) is 0 Å². The molecule has 20 heavy (non-hydrogen) atoms. The number of amides is 1. The number of nitrogens with one attached hydrogen (secondary N) is 2. The van der Waals surface area contributed by atoms with Crippen LogP contribution in [0.25, 0.3) is 0 Å². The number of rotatable bonds is 4. The highest BCUT2D eigenvalue weighted by molar-refractivity contribution is 6.08. The molecule has 0 fully saturated rings. The first-order chi connectivity index (χ1) is 9.65. The molecule has 0 saturated heterocycles. The topological polar surface area (TPSA) is 76.4 Å². The molecular weight excluding hydrogens is 254 g/mol. The zero-order valence-electron chi connectivity index (χ0n) is 11.4. The van der Waals surface area contributed by atoms with Crippen molar-refractivity contribution in [2.75, 3.05) is 17.9 Å². The molecule has 0 saturated carbocycles. The Kier molecular flexibility index (Phi) is 4.22. The van der Waals surface area contributed by atoms with Crippen molar-refractivity contribution in [3.05, 3.63) is 53.6 Å². The highest BCUT2D eigenvalue weighted by atomic mass is 16.5. The summed E-state index contributed by atoms with van der Waals surface area (Å²) in [6.07, 6.45) is 0. The number of carbonyl (C=O) groups excluding carboxylic acids is 1. The predicted molar refractivity (Wildman–Crippen MR) is 79.9 cm³/mol. The first-order valence-corrected chi connectivity index (χ1v) is 6.17. The molecule has 1 amide bonds. The van der Waals surface area contributed by atoms with Gasteiger partial charge in [-0.3, -0.25) is 10.6 Å². The van der Waals surface area contributed by atoms with E-state index in [0.717, 1.165) is 17.0 Å². The number of hydrazine groups is 1. The van der Waals surface area contributed by atoms with Gasteiger partial charge in [-0.2, -0.15) is 0 Å². The molecule has 2 rings (SSSR count). The summed E-state index contributed by atoms with van der Waals surface area (Å²) >= 11 is 0. The maximum absolute atomic E-state index is 12.3. The molecule has 4 N–H and O–H groups in total. The van der Waals surface area contributed by atoms with E-state index >= 15 is 0 Å². The van der Waals surface area contributed by atoms with Gasteiger partial charge < -0.3 is 15.5 Å². The number of aryl methyl sites for hydroxylation is 1. The van der Waals surface area contributed by atoms with Crippen LogP contribution in [0.3, 0.4) is 0 Å². The monoisotopic (exact) mass is 271 g/mol. The Bertz CT molecular complexity index is 626. The molecule has 0 radical (unpaired) electrons. The van der Waals surface area contributed by atoms with Gasteiger partial charge in [0.2, 0.25) is 0 Å². The molecule has 0 heterocycles. The van der Waals surface area contributed by atoms with E-state index in [2.05, 4.69) is 10.7 Å². The Hall–Kier alpha value is -2.53. The Morgan fingerprint density at radius 3 is 2.55 bits per heavy atom. The van der Waals surface area contributed by atoms with Crippen molar-refractivity contribution in [2.24, 2.45) is 5.84 Å². The van der Waals surface area contributed by atoms with Gasteiger partial charge in [0.25, 0.3) is 5.91 Å². The number of para-hydroxylation sites is 1. The van der Waals surface area contributed by atoms with Crippen LogP contribution in [0.1, 0.15) is 15.9 Å². The van der Waals surface area contributed by atoms with Gasteiger partial charge in [0, 0.05) is 5.69 Å². The van der Waals surface area contributed by atoms with Gasteiger partial charge in [-0.25, -0.2) is 0 Å². The smallest absolute Gasteiger partial charge is 0.257 e. The minimum Gasteiger partial charge on any atom is -0.497 e. The highest BCUT2D eigenvalue weighted by Gasteiger charge is 2.11. The molecule has 0 spiro atoms. The first-order valence-electron chi connectivity index (χ1n) is 6.17. The average Bonchev–Trinajstić information content (AvgIpc) is 2.49. The van der Waals surface area contributed by atoms with E-state index in [0.29, 0.717) is 11.3 Å². The summed E-state index contributed by atoms with van der Waals surface area (Å²) in [5, 5.41) is 2.86. The lowest BCUT2D eigenvalue weighted by Crippen LogP contribution is -2.17. The van der Waals surface area contributed by atoms with E-state index in [1.807, 2.05) is 25.1 Å². The van der Waals surface area contributed by atoms with E-state index < -0.39 is 0 Å². The fourth-order valence-corrected chi connectivity index (χ4v) is 1.90. The second-order valence-electron chi connectivity index (χ2n) is 4.32. The highest BCUT2D eigenvalue weighted by Crippen LogP contribution is 2.22. The number of hydrogen-bond donors (Lipinski definition) is 3. The van der Waals surface area contributed by atoms with Crippen LogP contribution in [0.5, 0.6) is 5.75 Å². The number of nitrogens with two attached hydrogens (primary N) is 1. The standard InChI is InChI=1S/C15H17N3O2/c1-10-9-11(20-2)7-8-13(10)17-15(19)12-5-3-4-6-14(12)18-16/h3-9,18H,16H2,1-2H3,(H,17,19). The summed E-state index contributed by atoms with van der Waals surface area (Å²) in [7, 11) is 1.61. The molecule has 0 aliphatic rings. The van der Waals surface area contributed by atoms with Crippen LogP contribution < -0.4 is 21.3 Å². The lowest BCUT2D eigenvalue weighted by atomic mass is 10.1.